The lowest BCUT2D eigenvalue weighted by Gasteiger charge is -2.09. The van der Waals surface area contributed by atoms with Crippen molar-refractivity contribution in [1.29, 1.82) is 5.26 Å². The molecule has 0 saturated carbocycles. The van der Waals surface area contributed by atoms with Crippen LogP contribution >= 0.6 is 15.9 Å². The Morgan fingerprint density at radius 3 is 2.94 bits per heavy atom. The van der Waals surface area contributed by atoms with Crippen molar-refractivity contribution in [3.05, 3.63) is 34.3 Å². The van der Waals surface area contributed by atoms with Gasteiger partial charge in [0.15, 0.2) is 0 Å². The Bertz CT molecular complexity index is 426. The van der Waals surface area contributed by atoms with Crippen molar-refractivity contribution in [2.45, 2.75) is 19.8 Å². The molecule has 1 atom stereocenters. The molecule has 1 aromatic carbocycles. The van der Waals surface area contributed by atoms with Crippen molar-refractivity contribution in [2.24, 2.45) is 5.92 Å². The standard InChI is InChI=1S/C13H15BrN2O/c1-2-6-16-13(17)11(9-15)7-10-4-3-5-12(14)8-10/h3-5,8,11H,2,6-7H2,1H3,(H,16,17). The first-order valence-corrected chi connectivity index (χ1v) is 6.38. The van der Waals surface area contributed by atoms with E-state index in [1.54, 1.807) is 0 Å². The first-order chi connectivity index (χ1) is 8.17. The number of carbonyl (C=O) groups is 1. The quantitative estimate of drug-likeness (QED) is 0.908. The number of carbonyl (C=O) groups excluding carboxylic acids is 1. The number of nitrogens with one attached hydrogen (secondary N) is 1. The number of hydrogen-bond donors (Lipinski definition) is 1. The molecule has 0 aliphatic rings. The van der Waals surface area contributed by atoms with Crippen molar-refractivity contribution < 1.29 is 4.79 Å². The normalized spacial score (nSPS) is 11.6. The molecular weight excluding hydrogens is 280 g/mol. The Morgan fingerprint density at radius 1 is 1.59 bits per heavy atom. The lowest BCUT2D eigenvalue weighted by Crippen LogP contribution is -2.31. The second kappa shape index (κ2) is 7.08. The number of amides is 1. The van der Waals surface area contributed by atoms with Crippen molar-refractivity contribution in [3.63, 3.8) is 0 Å². The molecular formula is C13H15BrN2O. The molecule has 4 heteroatoms. The van der Waals surface area contributed by atoms with Gasteiger partial charge < -0.3 is 5.32 Å². The Balaban J connectivity index is 2.64. The molecule has 0 heterocycles. The monoisotopic (exact) mass is 294 g/mol. The topological polar surface area (TPSA) is 52.9 Å². The summed E-state index contributed by atoms with van der Waals surface area (Å²) in [6.45, 7) is 2.60. The van der Waals surface area contributed by atoms with Crippen LogP contribution in [0.3, 0.4) is 0 Å². The summed E-state index contributed by atoms with van der Waals surface area (Å²) in [7, 11) is 0. The van der Waals surface area contributed by atoms with E-state index in [0.717, 1.165) is 16.5 Å². The van der Waals surface area contributed by atoms with Gasteiger partial charge in [0, 0.05) is 11.0 Å². The summed E-state index contributed by atoms with van der Waals surface area (Å²) in [5.74, 6) is -0.801. The molecule has 17 heavy (non-hydrogen) atoms. The third-order valence-corrected chi connectivity index (χ3v) is 2.84. The molecule has 0 aromatic heterocycles. The van der Waals surface area contributed by atoms with Crippen LogP contribution in [0.25, 0.3) is 0 Å². The zero-order chi connectivity index (χ0) is 12.7. The largest absolute Gasteiger partial charge is 0.355 e. The van der Waals surface area contributed by atoms with Crippen LogP contribution in [0.5, 0.6) is 0 Å². The maximum Gasteiger partial charge on any atom is 0.237 e. The van der Waals surface area contributed by atoms with Crippen LogP contribution < -0.4 is 5.32 Å². The van der Waals surface area contributed by atoms with Gasteiger partial charge >= 0.3 is 0 Å². The van der Waals surface area contributed by atoms with E-state index in [2.05, 4.69) is 27.3 Å². The van der Waals surface area contributed by atoms with Gasteiger partial charge in [-0.1, -0.05) is 35.0 Å². The smallest absolute Gasteiger partial charge is 0.237 e. The Labute approximate surface area is 110 Å². The van der Waals surface area contributed by atoms with E-state index < -0.39 is 5.92 Å². The van der Waals surface area contributed by atoms with Gasteiger partial charge in [0.2, 0.25) is 5.91 Å². The lowest BCUT2D eigenvalue weighted by molar-refractivity contribution is -0.123. The Morgan fingerprint density at radius 2 is 2.35 bits per heavy atom. The summed E-state index contributed by atoms with van der Waals surface area (Å²) in [5, 5.41) is 11.7. The highest BCUT2D eigenvalue weighted by molar-refractivity contribution is 9.10. The van der Waals surface area contributed by atoms with Gasteiger partial charge in [0.25, 0.3) is 0 Å². The van der Waals surface area contributed by atoms with Crippen LogP contribution in [0.15, 0.2) is 28.7 Å². The summed E-state index contributed by atoms with van der Waals surface area (Å²) in [5.41, 5.74) is 0.984. The maximum atomic E-state index is 11.7. The third-order valence-electron chi connectivity index (χ3n) is 2.35. The highest BCUT2D eigenvalue weighted by Gasteiger charge is 2.17. The lowest BCUT2D eigenvalue weighted by atomic mass is 10.00. The number of nitrogens with zero attached hydrogens (tertiary/aromatic N) is 1. The van der Waals surface area contributed by atoms with Crippen molar-refractivity contribution in [1.82, 2.24) is 5.32 Å². The molecule has 1 amide bonds. The molecule has 0 fully saturated rings. The summed E-state index contributed by atoms with van der Waals surface area (Å²) >= 11 is 3.37. The second-order valence-corrected chi connectivity index (χ2v) is 4.72. The van der Waals surface area contributed by atoms with Crippen LogP contribution in [0, 0.1) is 17.2 Å². The minimum atomic E-state index is -0.615. The molecule has 0 saturated heterocycles. The minimum Gasteiger partial charge on any atom is -0.355 e. The van der Waals surface area contributed by atoms with E-state index in [4.69, 9.17) is 5.26 Å². The molecule has 1 N–H and O–H groups in total. The van der Waals surface area contributed by atoms with Crippen LogP contribution in [-0.2, 0) is 11.2 Å². The van der Waals surface area contributed by atoms with Gasteiger partial charge in [-0.05, 0) is 30.5 Å². The first-order valence-electron chi connectivity index (χ1n) is 5.59. The van der Waals surface area contributed by atoms with Crippen molar-refractivity contribution in [3.8, 4) is 6.07 Å². The van der Waals surface area contributed by atoms with Gasteiger partial charge in [-0.2, -0.15) is 5.26 Å². The highest BCUT2D eigenvalue weighted by atomic mass is 79.9. The fourth-order valence-electron chi connectivity index (χ4n) is 1.47. The average Bonchev–Trinajstić information content (AvgIpc) is 2.33. The Hall–Kier alpha value is -1.34. The van der Waals surface area contributed by atoms with E-state index >= 15 is 0 Å². The van der Waals surface area contributed by atoms with Gasteiger partial charge in [-0.25, -0.2) is 0 Å². The van der Waals surface area contributed by atoms with E-state index in [1.807, 2.05) is 31.2 Å². The molecule has 0 aliphatic carbocycles. The van der Waals surface area contributed by atoms with Crippen molar-refractivity contribution in [2.75, 3.05) is 6.54 Å². The van der Waals surface area contributed by atoms with E-state index in [1.165, 1.54) is 0 Å². The molecule has 0 spiro atoms. The first kappa shape index (κ1) is 13.7. The number of nitriles is 1. The number of halogens is 1. The molecule has 1 unspecified atom stereocenters. The fourth-order valence-corrected chi connectivity index (χ4v) is 1.91. The summed E-state index contributed by atoms with van der Waals surface area (Å²) in [6.07, 6.45) is 1.33. The molecule has 0 aliphatic heterocycles. The fraction of sp³-hybridized carbons (Fsp3) is 0.385. The predicted octanol–water partition coefficient (Wildman–Crippen LogP) is 2.66. The zero-order valence-corrected chi connectivity index (χ0v) is 11.3. The van der Waals surface area contributed by atoms with Crippen molar-refractivity contribution >= 4 is 21.8 Å². The van der Waals surface area contributed by atoms with Crippen LogP contribution in [0.4, 0.5) is 0 Å². The summed E-state index contributed by atoms with van der Waals surface area (Å²) < 4.78 is 0.959. The van der Waals surface area contributed by atoms with Gasteiger partial charge in [-0.3, -0.25) is 4.79 Å². The number of benzene rings is 1. The molecule has 1 aromatic rings. The minimum absolute atomic E-state index is 0.186. The van der Waals surface area contributed by atoms with Crippen LogP contribution in [0.2, 0.25) is 0 Å². The Kier molecular flexibility index (Phi) is 5.71. The van der Waals surface area contributed by atoms with E-state index in [9.17, 15) is 4.79 Å². The molecule has 0 bridgehead atoms. The maximum absolute atomic E-state index is 11.7. The summed E-state index contributed by atoms with van der Waals surface area (Å²) in [6, 6.07) is 9.72. The van der Waals surface area contributed by atoms with Gasteiger partial charge in [0.1, 0.15) is 5.92 Å². The highest BCUT2D eigenvalue weighted by Crippen LogP contribution is 2.15. The van der Waals surface area contributed by atoms with E-state index in [0.29, 0.717) is 13.0 Å². The summed E-state index contributed by atoms with van der Waals surface area (Å²) in [4.78, 5) is 11.7. The molecule has 3 nitrogen and oxygen atoms in total. The van der Waals surface area contributed by atoms with Crippen LogP contribution in [0.1, 0.15) is 18.9 Å². The van der Waals surface area contributed by atoms with Gasteiger partial charge in [0.05, 0.1) is 6.07 Å². The number of rotatable bonds is 5. The van der Waals surface area contributed by atoms with E-state index in [-0.39, 0.29) is 5.91 Å². The second-order valence-electron chi connectivity index (χ2n) is 3.81. The number of hydrogen-bond acceptors (Lipinski definition) is 2. The molecule has 90 valence electrons. The third kappa shape index (κ3) is 4.58. The average molecular weight is 295 g/mol. The SMILES string of the molecule is CCCNC(=O)C(C#N)Cc1cccc(Br)c1. The molecule has 0 radical (unpaired) electrons. The predicted molar refractivity (Wildman–Crippen MR) is 70.2 cm³/mol. The zero-order valence-electron chi connectivity index (χ0n) is 9.74. The van der Waals surface area contributed by atoms with Gasteiger partial charge in [-0.15, -0.1) is 0 Å². The molecule has 1 rings (SSSR count). The van der Waals surface area contributed by atoms with Crippen LogP contribution in [-0.4, -0.2) is 12.5 Å².